The van der Waals surface area contributed by atoms with Gasteiger partial charge in [0.2, 0.25) is 0 Å². The van der Waals surface area contributed by atoms with Crippen molar-refractivity contribution in [2.24, 2.45) is 5.41 Å². The van der Waals surface area contributed by atoms with E-state index in [0.717, 1.165) is 12.8 Å². The summed E-state index contributed by atoms with van der Waals surface area (Å²) in [7, 11) is 1.59. The van der Waals surface area contributed by atoms with E-state index in [9.17, 15) is 9.90 Å². The number of carbonyl (C=O) groups is 1. The summed E-state index contributed by atoms with van der Waals surface area (Å²) in [6.45, 7) is 4.54. The zero-order valence-electron chi connectivity index (χ0n) is 12.4. The third kappa shape index (κ3) is 3.44. The van der Waals surface area contributed by atoms with Gasteiger partial charge in [-0.1, -0.05) is 20.3 Å². The standard InChI is InChI=1S/C16H23NO3/c1-16(2)8-4-5-11(10-16)17-14-9-12(20-3)6-7-13(14)15(18)19/h6-7,9,11,17H,4-5,8,10H2,1-3H3,(H,18,19). The first kappa shape index (κ1) is 14.7. The maximum Gasteiger partial charge on any atom is 0.337 e. The Morgan fingerprint density at radius 3 is 2.80 bits per heavy atom. The van der Waals surface area contributed by atoms with Crippen molar-refractivity contribution in [2.75, 3.05) is 12.4 Å². The van der Waals surface area contributed by atoms with E-state index in [1.54, 1.807) is 25.3 Å². The van der Waals surface area contributed by atoms with Crippen molar-refractivity contribution in [2.45, 2.75) is 45.6 Å². The zero-order valence-corrected chi connectivity index (χ0v) is 12.4. The van der Waals surface area contributed by atoms with Gasteiger partial charge < -0.3 is 15.2 Å². The lowest BCUT2D eigenvalue weighted by Crippen LogP contribution is -2.32. The van der Waals surface area contributed by atoms with Crippen LogP contribution in [0.3, 0.4) is 0 Å². The Balaban J connectivity index is 2.20. The predicted octanol–water partition coefficient (Wildman–Crippen LogP) is 3.77. The fourth-order valence-corrected chi connectivity index (χ4v) is 3.00. The normalized spacial score (nSPS) is 21.2. The summed E-state index contributed by atoms with van der Waals surface area (Å²) >= 11 is 0. The molecule has 1 aliphatic rings. The summed E-state index contributed by atoms with van der Waals surface area (Å²) in [6.07, 6.45) is 4.55. The third-order valence-electron chi connectivity index (χ3n) is 4.02. The van der Waals surface area contributed by atoms with Crippen LogP contribution in [0.4, 0.5) is 5.69 Å². The lowest BCUT2D eigenvalue weighted by Gasteiger charge is -2.36. The van der Waals surface area contributed by atoms with Crippen molar-refractivity contribution in [3.05, 3.63) is 23.8 Å². The molecule has 0 radical (unpaired) electrons. The van der Waals surface area contributed by atoms with Crippen molar-refractivity contribution in [3.63, 3.8) is 0 Å². The Hall–Kier alpha value is -1.71. The summed E-state index contributed by atoms with van der Waals surface area (Å²) in [4.78, 5) is 11.3. The van der Waals surface area contributed by atoms with E-state index in [2.05, 4.69) is 19.2 Å². The van der Waals surface area contributed by atoms with Gasteiger partial charge in [-0.2, -0.15) is 0 Å². The Kier molecular flexibility index (Phi) is 4.21. The van der Waals surface area contributed by atoms with Crippen molar-refractivity contribution >= 4 is 11.7 Å². The van der Waals surface area contributed by atoms with Crippen LogP contribution in [-0.4, -0.2) is 24.2 Å². The lowest BCUT2D eigenvalue weighted by atomic mass is 9.75. The van der Waals surface area contributed by atoms with Crippen LogP contribution in [0.15, 0.2) is 18.2 Å². The number of rotatable bonds is 4. The van der Waals surface area contributed by atoms with Crippen LogP contribution in [0.5, 0.6) is 5.75 Å². The fraction of sp³-hybridized carbons (Fsp3) is 0.562. The smallest absolute Gasteiger partial charge is 0.337 e. The molecule has 1 aliphatic carbocycles. The number of hydrogen-bond acceptors (Lipinski definition) is 3. The number of anilines is 1. The molecule has 0 spiro atoms. The van der Waals surface area contributed by atoms with Crippen LogP contribution in [0.2, 0.25) is 0 Å². The van der Waals surface area contributed by atoms with Gasteiger partial charge in [0.25, 0.3) is 0 Å². The summed E-state index contributed by atoms with van der Waals surface area (Å²) in [5.41, 5.74) is 1.27. The van der Waals surface area contributed by atoms with E-state index in [0.29, 0.717) is 28.5 Å². The molecule has 1 unspecified atom stereocenters. The van der Waals surface area contributed by atoms with Crippen LogP contribution >= 0.6 is 0 Å². The zero-order chi connectivity index (χ0) is 14.8. The number of hydrogen-bond donors (Lipinski definition) is 2. The molecule has 4 nitrogen and oxygen atoms in total. The first-order valence-corrected chi connectivity index (χ1v) is 7.09. The van der Waals surface area contributed by atoms with Crippen LogP contribution in [-0.2, 0) is 0 Å². The van der Waals surface area contributed by atoms with E-state index in [1.165, 1.54) is 12.8 Å². The van der Waals surface area contributed by atoms with Gasteiger partial charge in [0.05, 0.1) is 18.4 Å². The first-order valence-electron chi connectivity index (χ1n) is 7.09. The number of carboxylic acid groups (broad SMARTS) is 1. The van der Waals surface area contributed by atoms with E-state index in [-0.39, 0.29) is 0 Å². The molecular weight excluding hydrogens is 254 g/mol. The van der Waals surface area contributed by atoms with Gasteiger partial charge in [-0.25, -0.2) is 4.79 Å². The highest BCUT2D eigenvalue weighted by atomic mass is 16.5. The summed E-state index contributed by atoms with van der Waals surface area (Å²) in [5, 5.41) is 12.7. The summed E-state index contributed by atoms with van der Waals surface area (Å²) < 4.78 is 5.19. The maximum absolute atomic E-state index is 11.3. The van der Waals surface area contributed by atoms with Gasteiger partial charge >= 0.3 is 5.97 Å². The Morgan fingerprint density at radius 2 is 2.20 bits per heavy atom. The molecular formula is C16H23NO3. The molecule has 0 saturated heterocycles. The minimum Gasteiger partial charge on any atom is -0.497 e. The van der Waals surface area contributed by atoms with Gasteiger partial charge in [0, 0.05) is 12.1 Å². The maximum atomic E-state index is 11.3. The Morgan fingerprint density at radius 1 is 1.45 bits per heavy atom. The van der Waals surface area contributed by atoms with Crippen molar-refractivity contribution in [1.82, 2.24) is 0 Å². The quantitative estimate of drug-likeness (QED) is 0.879. The average molecular weight is 277 g/mol. The van der Waals surface area contributed by atoms with Gasteiger partial charge in [0.15, 0.2) is 0 Å². The molecule has 1 aromatic carbocycles. The number of ether oxygens (including phenoxy) is 1. The number of benzene rings is 1. The van der Waals surface area contributed by atoms with E-state index in [1.807, 2.05) is 0 Å². The molecule has 1 atom stereocenters. The molecule has 0 aliphatic heterocycles. The molecule has 0 amide bonds. The lowest BCUT2D eigenvalue weighted by molar-refractivity contribution is 0.0698. The second-order valence-electron chi connectivity index (χ2n) is 6.32. The van der Waals surface area contributed by atoms with E-state index >= 15 is 0 Å². The Bertz CT molecular complexity index is 496. The molecule has 2 N–H and O–H groups in total. The number of nitrogens with one attached hydrogen (secondary N) is 1. The molecule has 1 aromatic rings. The molecule has 20 heavy (non-hydrogen) atoms. The molecule has 4 heteroatoms. The monoisotopic (exact) mass is 277 g/mol. The second-order valence-corrected chi connectivity index (χ2v) is 6.32. The predicted molar refractivity (Wildman–Crippen MR) is 79.6 cm³/mol. The average Bonchev–Trinajstić information content (AvgIpc) is 2.37. The first-order chi connectivity index (χ1) is 9.41. The molecule has 110 valence electrons. The van der Waals surface area contributed by atoms with Crippen LogP contribution < -0.4 is 10.1 Å². The summed E-state index contributed by atoms with van der Waals surface area (Å²) in [6, 6.07) is 5.37. The van der Waals surface area contributed by atoms with Gasteiger partial charge in [-0.15, -0.1) is 0 Å². The minimum absolute atomic E-state index is 0.300. The third-order valence-corrected chi connectivity index (χ3v) is 4.02. The fourth-order valence-electron chi connectivity index (χ4n) is 3.00. The molecule has 1 saturated carbocycles. The highest BCUT2D eigenvalue weighted by molar-refractivity contribution is 5.94. The molecule has 2 rings (SSSR count). The number of aromatic carboxylic acids is 1. The van der Waals surface area contributed by atoms with Crippen LogP contribution in [0.25, 0.3) is 0 Å². The number of carboxylic acids is 1. The van der Waals surface area contributed by atoms with E-state index < -0.39 is 5.97 Å². The second kappa shape index (κ2) is 5.73. The molecule has 0 aromatic heterocycles. The highest BCUT2D eigenvalue weighted by Gasteiger charge is 2.28. The molecule has 0 bridgehead atoms. The van der Waals surface area contributed by atoms with Crippen molar-refractivity contribution in [3.8, 4) is 5.75 Å². The number of methoxy groups -OCH3 is 1. The van der Waals surface area contributed by atoms with E-state index in [4.69, 9.17) is 4.74 Å². The van der Waals surface area contributed by atoms with Gasteiger partial charge in [-0.3, -0.25) is 0 Å². The van der Waals surface area contributed by atoms with Crippen molar-refractivity contribution in [1.29, 1.82) is 0 Å². The van der Waals surface area contributed by atoms with Crippen LogP contribution in [0, 0.1) is 5.41 Å². The summed E-state index contributed by atoms with van der Waals surface area (Å²) in [5.74, 6) is -0.238. The molecule has 0 heterocycles. The minimum atomic E-state index is -0.912. The van der Waals surface area contributed by atoms with Crippen LogP contribution in [0.1, 0.15) is 49.9 Å². The highest BCUT2D eigenvalue weighted by Crippen LogP contribution is 2.37. The SMILES string of the molecule is COc1ccc(C(=O)O)c(NC2CCCC(C)(C)C2)c1. The topological polar surface area (TPSA) is 58.6 Å². The molecule has 1 fully saturated rings. The van der Waals surface area contributed by atoms with Gasteiger partial charge in [-0.05, 0) is 36.8 Å². The largest absolute Gasteiger partial charge is 0.497 e. The van der Waals surface area contributed by atoms with Gasteiger partial charge in [0.1, 0.15) is 5.75 Å². The Labute approximate surface area is 120 Å². The van der Waals surface area contributed by atoms with Crippen molar-refractivity contribution < 1.29 is 14.6 Å².